The summed E-state index contributed by atoms with van der Waals surface area (Å²) in [6.45, 7) is 2.78. The Bertz CT molecular complexity index is 936. The van der Waals surface area contributed by atoms with Crippen molar-refractivity contribution in [3.8, 4) is 11.3 Å². The lowest BCUT2D eigenvalue weighted by Crippen LogP contribution is -2.36. The fraction of sp³-hybridized carbons (Fsp3) is 0.467. The molecule has 3 rings (SSSR count). The van der Waals surface area contributed by atoms with Gasteiger partial charge in [0, 0.05) is 42.6 Å². The first-order valence-corrected chi connectivity index (χ1v) is 10.4. The maximum Gasteiger partial charge on any atom is 0.452 e. The van der Waals surface area contributed by atoms with Crippen molar-refractivity contribution in [2.75, 3.05) is 13.1 Å². The van der Waals surface area contributed by atoms with Crippen molar-refractivity contribution in [3.05, 3.63) is 23.3 Å². The quantitative estimate of drug-likeness (QED) is 0.771. The van der Waals surface area contributed by atoms with Crippen molar-refractivity contribution in [3.63, 3.8) is 0 Å². The summed E-state index contributed by atoms with van der Waals surface area (Å²) in [5.74, 6) is -1.37. The number of nitrogens with zero attached hydrogens (tertiary/aromatic N) is 2. The largest absolute Gasteiger partial charge is 0.452 e. The molecule has 1 saturated heterocycles. The Balaban J connectivity index is 1.73. The summed E-state index contributed by atoms with van der Waals surface area (Å²) in [4.78, 5) is 13.5. The second-order valence-electron chi connectivity index (χ2n) is 6.09. The third kappa shape index (κ3) is 4.33. The molecule has 1 fully saturated rings. The van der Waals surface area contributed by atoms with Crippen molar-refractivity contribution in [2.45, 2.75) is 36.2 Å². The molecule has 148 valence electrons. The van der Waals surface area contributed by atoms with Crippen molar-refractivity contribution < 1.29 is 30.9 Å². The maximum atomic E-state index is 12.6. The Morgan fingerprint density at radius 2 is 2.15 bits per heavy atom. The first-order chi connectivity index (χ1) is 12.6. The predicted molar refractivity (Wildman–Crippen MR) is 90.4 cm³/mol. The van der Waals surface area contributed by atoms with Crippen LogP contribution < -0.4 is 4.72 Å². The minimum Gasteiger partial charge on any atom is -0.351 e. The zero-order valence-electron chi connectivity index (χ0n) is 14.1. The third-order valence-corrected chi connectivity index (χ3v) is 6.92. The highest BCUT2D eigenvalue weighted by Crippen LogP contribution is 2.34. The fourth-order valence-electron chi connectivity index (χ4n) is 2.75. The van der Waals surface area contributed by atoms with Crippen LogP contribution in [0.1, 0.15) is 25.5 Å². The van der Waals surface area contributed by atoms with Gasteiger partial charge in [0.2, 0.25) is 21.7 Å². The van der Waals surface area contributed by atoms with Gasteiger partial charge in [-0.25, -0.2) is 13.1 Å². The summed E-state index contributed by atoms with van der Waals surface area (Å²) in [5, 5.41) is 4.72. The number of alkyl halides is 3. The number of amides is 1. The van der Waals surface area contributed by atoms with Gasteiger partial charge in [0.1, 0.15) is 9.90 Å². The van der Waals surface area contributed by atoms with E-state index in [2.05, 4.69) is 14.4 Å². The number of aromatic nitrogens is 1. The summed E-state index contributed by atoms with van der Waals surface area (Å²) < 4.78 is 69.5. The normalized spacial score (nSPS) is 18.4. The Hall–Kier alpha value is -1.92. The summed E-state index contributed by atoms with van der Waals surface area (Å²) in [6, 6.07) is 1.40. The van der Waals surface area contributed by atoms with E-state index in [1.165, 1.54) is 11.4 Å². The van der Waals surface area contributed by atoms with Crippen LogP contribution in [0.15, 0.2) is 26.2 Å². The van der Waals surface area contributed by atoms with Gasteiger partial charge in [0.15, 0.2) is 0 Å². The zero-order chi connectivity index (χ0) is 19.8. The highest BCUT2D eigenvalue weighted by atomic mass is 32.2. The van der Waals surface area contributed by atoms with E-state index in [-0.39, 0.29) is 27.8 Å². The van der Waals surface area contributed by atoms with Gasteiger partial charge < -0.3 is 9.42 Å². The van der Waals surface area contributed by atoms with E-state index >= 15 is 0 Å². The number of rotatable bonds is 6. The molecule has 0 bridgehead atoms. The van der Waals surface area contributed by atoms with Crippen LogP contribution in [0.5, 0.6) is 0 Å². The van der Waals surface area contributed by atoms with E-state index in [4.69, 9.17) is 0 Å². The Morgan fingerprint density at radius 1 is 1.41 bits per heavy atom. The van der Waals surface area contributed by atoms with Crippen molar-refractivity contribution in [1.82, 2.24) is 14.8 Å². The van der Waals surface area contributed by atoms with Crippen LogP contribution in [0.25, 0.3) is 11.3 Å². The second kappa shape index (κ2) is 7.24. The number of carbonyl (C=O) groups is 1. The number of sulfonamides is 1. The van der Waals surface area contributed by atoms with Crippen molar-refractivity contribution in [2.24, 2.45) is 0 Å². The Kier molecular flexibility index (Phi) is 5.32. The first kappa shape index (κ1) is 19.8. The molecule has 27 heavy (non-hydrogen) atoms. The molecule has 1 aliphatic rings. The third-order valence-electron chi connectivity index (χ3n) is 3.96. The van der Waals surface area contributed by atoms with Gasteiger partial charge in [0.25, 0.3) is 0 Å². The number of thiophene rings is 1. The molecule has 1 aliphatic heterocycles. The van der Waals surface area contributed by atoms with Crippen molar-refractivity contribution >= 4 is 27.3 Å². The molecule has 12 heteroatoms. The molecule has 0 aromatic carbocycles. The molecule has 0 spiro atoms. The van der Waals surface area contributed by atoms with Gasteiger partial charge in [-0.3, -0.25) is 4.79 Å². The lowest BCUT2D eigenvalue weighted by Gasteiger charge is -2.15. The zero-order valence-corrected chi connectivity index (χ0v) is 15.7. The van der Waals surface area contributed by atoms with Gasteiger partial charge in [-0.1, -0.05) is 12.1 Å². The van der Waals surface area contributed by atoms with Crippen LogP contribution in [0.2, 0.25) is 0 Å². The van der Waals surface area contributed by atoms with Crippen LogP contribution in [-0.2, 0) is 21.0 Å². The standard InChI is InChI=1S/C15H16F3N3O4S2/c1-2-3-21-7-10(5-13(21)22)20-27(23,24)14-4-9(8-26-14)11-6-12(25-19-11)15(16,17)18/h4,6,8,10,20H,2-3,5,7H2,1H3. The Labute approximate surface area is 157 Å². The van der Waals surface area contributed by atoms with Gasteiger partial charge in [-0.05, 0) is 12.5 Å². The number of nitrogens with one attached hydrogen (secondary N) is 1. The van der Waals surface area contributed by atoms with Crippen molar-refractivity contribution in [1.29, 1.82) is 0 Å². The molecule has 0 aliphatic carbocycles. The molecule has 2 aromatic rings. The molecule has 0 radical (unpaired) electrons. The highest BCUT2D eigenvalue weighted by Gasteiger charge is 2.36. The number of hydrogen-bond acceptors (Lipinski definition) is 6. The molecule has 2 aromatic heterocycles. The molecule has 3 heterocycles. The predicted octanol–water partition coefficient (Wildman–Crippen LogP) is 2.71. The first-order valence-electron chi connectivity index (χ1n) is 8.03. The van der Waals surface area contributed by atoms with E-state index in [0.29, 0.717) is 19.2 Å². The lowest BCUT2D eigenvalue weighted by molar-refractivity contribution is -0.155. The topological polar surface area (TPSA) is 92.5 Å². The van der Waals surface area contributed by atoms with E-state index in [1.54, 1.807) is 4.90 Å². The van der Waals surface area contributed by atoms with Gasteiger partial charge in [-0.15, -0.1) is 11.3 Å². The average Bonchev–Trinajstić information content (AvgIpc) is 3.26. The lowest BCUT2D eigenvalue weighted by atomic mass is 10.2. The molecule has 1 atom stereocenters. The van der Waals surface area contributed by atoms with Crippen LogP contribution in [0.4, 0.5) is 13.2 Å². The second-order valence-corrected chi connectivity index (χ2v) is 8.94. The number of carbonyl (C=O) groups excluding carboxylic acids is 1. The minimum atomic E-state index is -4.67. The monoisotopic (exact) mass is 423 g/mol. The summed E-state index contributed by atoms with van der Waals surface area (Å²) in [6.07, 6.45) is -3.82. The van der Waals surface area contributed by atoms with Gasteiger partial charge >= 0.3 is 6.18 Å². The van der Waals surface area contributed by atoms with Crippen LogP contribution >= 0.6 is 11.3 Å². The summed E-state index contributed by atoms with van der Waals surface area (Å²) in [7, 11) is -3.91. The Morgan fingerprint density at radius 3 is 2.78 bits per heavy atom. The molecule has 1 N–H and O–H groups in total. The fourth-order valence-corrected chi connectivity index (χ4v) is 5.17. The van der Waals surface area contributed by atoms with E-state index in [0.717, 1.165) is 17.8 Å². The van der Waals surface area contributed by atoms with Gasteiger partial charge in [0.05, 0.1) is 0 Å². The molecular weight excluding hydrogens is 407 g/mol. The molecule has 1 amide bonds. The van der Waals surface area contributed by atoms with Crippen LogP contribution in [0.3, 0.4) is 0 Å². The summed E-state index contributed by atoms with van der Waals surface area (Å²) >= 11 is 0.851. The molecular formula is C15H16F3N3O4S2. The van der Waals surface area contributed by atoms with E-state index in [9.17, 15) is 26.4 Å². The number of hydrogen-bond donors (Lipinski definition) is 1. The maximum absolute atomic E-state index is 12.6. The minimum absolute atomic E-state index is 0.0737. The van der Waals surface area contributed by atoms with Crippen LogP contribution in [0, 0.1) is 0 Å². The molecule has 0 saturated carbocycles. The number of likely N-dealkylation sites (tertiary alicyclic amines) is 1. The highest BCUT2D eigenvalue weighted by molar-refractivity contribution is 7.91. The summed E-state index contributed by atoms with van der Waals surface area (Å²) in [5.41, 5.74) is 0.0972. The number of halogens is 3. The molecule has 7 nitrogen and oxygen atoms in total. The smallest absolute Gasteiger partial charge is 0.351 e. The van der Waals surface area contributed by atoms with E-state index < -0.39 is 28.0 Å². The van der Waals surface area contributed by atoms with Crippen LogP contribution in [-0.4, -0.2) is 43.5 Å². The van der Waals surface area contributed by atoms with Gasteiger partial charge in [-0.2, -0.15) is 13.2 Å². The van der Waals surface area contributed by atoms with E-state index in [1.807, 2.05) is 6.92 Å². The molecule has 1 unspecified atom stereocenters. The average molecular weight is 423 g/mol. The SMILES string of the molecule is CCCN1CC(NS(=O)(=O)c2cc(-c3cc(C(F)(F)F)on3)cs2)CC1=O.